The molecule has 0 bridgehead atoms. The van der Waals surface area contributed by atoms with Crippen molar-refractivity contribution in [3.8, 4) is 0 Å². The van der Waals surface area contributed by atoms with Gasteiger partial charge in [0.25, 0.3) is 15.9 Å². The summed E-state index contributed by atoms with van der Waals surface area (Å²) in [5.74, 6) is -3.96. The van der Waals surface area contributed by atoms with Crippen LogP contribution in [-0.4, -0.2) is 77.3 Å². The van der Waals surface area contributed by atoms with Crippen LogP contribution in [0.1, 0.15) is 41.6 Å². The zero-order chi connectivity index (χ0) is 27.9. The highest BCUT2D eigenvalue weighted by molar-refractivity contribution is 7.89. The van der Waals surface area contributed by atoms with E-state index in [-0.39, 0.29) is 68.0 Å². The lowest BCUT2D eigenvalue weighted by Crippen LogP contribution is -2.63. The number of amides is 1. The molecule has 16 heteroatoms. The summed E-state index contributed by atoms with van der Waals surface area (Å²) < 4.78 is 97.3. The molecule has 1 amide bonds. The minimum atomic E-state index is -4.82. The Morgan fingerprint density at radius 3 is 2.26 bits per heavy atom. The number of hydrogen-bond acceptors (Lipinski definition) is 5. The molecule has 1 aliphatic carbocycles. The third kappa shape index (κ3) is 6.67. The van der Waals surface area contributed by atoms with Crippen molar-refractivity contribution in [1.82, 2.24) is 24.1 Å². The highest BCUT2D eigenvalue weighted by Gasteiger charge is 2.48. The predicted molar refractivity (Wildman–Crippen MR) is 136 cm³/mol. The van der Waals surface area contributed by atoms with Crippen molar-refractivity contribution in [2.45, 2.75) is 48.3 Å². The molecule has 2 aromatic rings. The van der Waals surface area contributed by atoms with Crippen LogP contribution in [0.15, 0.2) is 35.7 Å². The zero-order valence-electron chi connectivity index (χ0n) is 20.8. The van der Waals surface area contributed by atoms with E-state index in [2.05, 4.69) is 10.3 Å². The van der Waals surface area contributed by atoms with Gasteiger partial charge in [-0.15, -0.1) is 12.4 Å². The Hall–Kier alpha value is -2.00. The molecular formula is C23H28Cl2F5N5O3S. The average Bonchev–Trinajstić information content (AvgIpc) is 3.30. The fourth-order valence-corrected chi connectivity index (χ4v) is 6.72. The van der Waals surface area contributed by atoms with Crippen LogP contribution in [0.2, 0.25) is 5.02 Å². The smallest absolute Gasteiger partial charge is 0.350 e. The fourth-order valence-electron chi connectivity index (χ4n) is 5.07. The summed E-state index contributed by atoms with van der Waals surface area (Å²) in [4.78, 5) is 18.7. The number of nitrogens with zero attached hydrogens (tertiary/aromatic N) is 4. The van der Waals surface area contributed by atoms with Gasteiger partial charge in [-0.05, 0) is 25.0 Å². The van der Waals surface area contributed by atoms with Crippen molar-refractivity contribution in [3.63, 3.8) is 0 Å². The molecule has 218 valence electrons. The fraction of sp³-hybridized carbons (Fsp3) is 0.565. The third-order valence-corrected chi connectivity index (χ3v) is 9.33. The van der Waals surface area contributed by atoms with Crippen LogP contribution in [0.25, 0.3) is 0 Å². The highest BCUT2D eigenvalue weighted by atomic mass is 35.5. The number of piperazine rings is 1. The van der Waals surface area contributed by atoms with E-state index in [1.54, 1.807) is 7.05 Å². The molecule has 2 fully saturated rings. The van der Waals surface area contributed by atoms with Crippen LogP contribution in [0.5, 0.6) is 0 Å². The number of hydrogen-bond donors (Lipinski definition) is 1. The van der Waals surface area contributed by atoms with Crippen LogP contribution in [0, 0.1) is 0 Å². The maximum Gasteiger partial charge on any atom is 0.417 e. The van der Waals surface area contributed by atoms with E-state index in [0.29, 0.717) is 0 Å². The van der Waals surface area contributed by atoms with E-state index >= 15 is 0 Å². The van der Waals surface area contributed by atoms with Gasteiger partial charge < -0.3 is 9.88 Å². The summed E-state index contributed by atoms with van der Waals surface area (Å²) >= 11 is 5.94. The van der Waals surface area contributed by atoms with Crippen molar-refractivity contribution in [2.24, 2.45) is 7.05 Å². The van der Waals surface area contributed by atoms with Crippen molar-refractivity contribution >= 4 is 39.9 Å². The van der Waals surface area contributed by atoms with Gasteiger partial charge in [0.1, 0.15) is 0 Å². The molecule has 1 saturated carbocycles. The lowest BCUT2D eigenvalue weighted by Gasteiger charge is -2.50. The van der Waals surface area contributed by atoms with Gasteiger partial charge in [0.05, 0.1) is 22.5 Å². The minimum Gasteiger partial charge on any atom is -0.350 e. The molecule has 0 atom stereocenters. The number of alkyl halides is 5. The summed E-state index contributed by atoms with van der Waals surface area (Å²) in [5, 5.41) is 2.02. The van der Waals surface area contributed by atoms with Crippen LogP contribution < -0.4 is 5.32 Å². The number of halogens is 7. The first kappa shape index (κ1) is 31.5. The van der Waals surface area contributed by atoms with Crippen molar-refractivity contribution in [2.75, 3.05) is 32.7 Å². The molecule has 1 aromatic heterocycles. The van der Waals surface area contributed by atoms with Gasteiger partial charge in [-0.25, -0.2) is 22.2 Å². The average molecular weight is 620 g/mol. The summed E-state index contributed by atoms with van der Waals surface area (Å²) in [7, 11) is -2.22. The number of rotatable bonds is 6. The van der Waals surface area contributed by atoms with Crippen molar-refractivity contribution in [3.05, 3.63) is 46.9 Å². The number of aromatic nitrogens is 2. The molecular weight excluding hydrogens is 592 g/mol. The Labute approximate surface area is 234 Å². The van der Waals surface area contributed by atoms with Gasteiger partial charge in [-0.2, -0.15) is 17.5 Å². The van der Waals surface area contributed by atoms with Crippen molar-refractivity contribution in [1.29, 1.82) is 0 Å². The summed E-state index contributed by atoms with van der Waals surface area (Å²) in [6, 6.07) is 3.01. The Kier molecular flexibility index (Phi) is 9.27. The molecule has 8 nitrogen and oxygen atoms in total. The molecule has 0 radical (unpaired) electrons. The van der Waals surface area contributed by atoms with Gasteiger partial charge >= 0.3 is 6.18 Å². The number of carbonyl (C=O) groups is 1. The molecule has 1 aliphatic heterocycles. The number of imidazole rings is 1. The van der Waals surface area contributed by atoms with E-state index in [1.165, 1.54) is 27.5 Å². The molecule has 1 aromatic carbocycles. The first-order chi connectivity index (χ1) is 17.6. The third-order valence-electron chi connectivity index (χ3n) is 7.23. The van der Waals surface area contributed by atoms with Crippen LogP contribution in [0.4, 0.5) is 22.0 Å². The van der Waals surface area contributed by atoms with Crippen LogP contribution in [0.3, 0.4) is 0 Å². The maximum absolute atomic E-state index is 14.1. The quantitative estimate of drug-likeness (QED) is 0.490. The highest BCUT2D eigenvalue weighted by Crippen LogP contribution is 2.42. The van der Waals surface area contributed by atoms with E-state index in [1.807, 2.05) is 4.90 Å². The molecule has 2 heterocycles. The SMILES string of the molecule is Cl.Cn1cnc(S(=O)(=O)N2CCN(C3(CNC(=O)c4c(Cl)cccc4C(F)(F)F)CCC(F)(F)CC3)CC2)c1. The molecule has 0 unspecified atom stereocenters. The maximum atomic E-state index is 14.1. The van der Waals surface area contributed by atoms with E-state index in [0.717, 1.165) is 12.1 Å². The van der Waals surface area contributed by atoms with Crippen LogP contribution >= 0.6 is 24.0 Å². The van der Waals surface area contributed by atoms with Crippen LogP contribution in [-0.2, 0) is 23.2 Å². The summed E-state index contributed by atoms with van der Waals surface area (Å²) in [6.45, 7) is 0.305. The number of carbonyl (C=O) groups excluding carboxylic acids is 1. The standard InChI is InChI=1S/C23H27ClF5N5O3S.ClH/c1-32-13-18(31-15-32)38(36,37)34-11-9-33(10-12-34)21(5-7-22(25,26)8-6-21)14-30-20(35)19-16(23(27,28)29)3-2-4-17(19)24;/h2-4,13,15H,5-12,14H2,1H3,(H,30,35);1H. The molecule has 1 saturated heterocycles. The molecule has 39 heavy (non-hydrogen) atoms. The molecule has 2 aliphatic rings. The predicted octanol–water partition coefficient (Wildman–Crippen LogP) is 4.20. The van der Waals surface area contributed by atoms with Gasteiger partial charge in [-0.3, -0.25) is 9.69 Å². The zero-order valence-corrected chi connectivity index (χ0v) is 23.2. The van der Waals surface area contributed by atoms with Crippen molar-refractivity contribution < 1.29 is 35.2 Å². The van der Waals surface area contributed by atoms with Gasteiger partial charge in [0.2, 0.25) is 5.92 Å². The summed E-state index contributed by atoms with van der Waals surface area (Å²) in [6.07, 6.45) is -3.05. The first-order valence-corrected chi connectivity index (χ1v) is 13.7. The molecule has 0 spiro atoms. The summed E-state index contributed by atoms with van der Waals surface area (Å²) in [5.41, 5.74) is -2.91. The number of benzene rings is 1. The molecule has 1 N–H and O–H groups in total. The largest absolute Gasteiger partial charge is 0.417 e. The lowest BCUT2D eigenvalue weighted by atomic mass is 9.78. The Morgan fingerprint density at radius 1 is 1.10 bits per heavy atom. The first-order valence-electron chi connectivity index (χ1n) is 11.9. The topological polar surface area (TPSA) is 87.5 Å². The second-order valence-electron chi connectivity index (χ2n) is 9.69. The Bertz CT molecular complexity index is 1290. The van der Waals surface area contributed by atoms with E-state index in [9.17, 15) is 35.2 Å². The Morgan fingerprint density at radius 2 is 1.72 bits per heavy atom. The lowest BCUT2D eigenvalue weighted by molar-refractivity contribution is -0.138. The Balaban J connectivity index is 0.00000420. The number of sulfonamides is 1. The second-order valence-corrected chi connectivity index (χ2v) is 12.0. The number of aryl methyl sites for hydroxylation is 1. The number of nitrogens with one attached hydrogen (secondary N) is 1. The van der Waals surface area contributed by atoms with E-state index < -0.39 is 57.5 Å². The molecule has 4 rings (SSSR count). The second kappa shape index (κ2) is 11.5. The normalized spacial score (nSPS) is 20.3. The minimum absolute atomic E-state index is 0. The monoisotopic (exact) mass is 619 g/mol. The van der Waals surface area contributed by atoms with Gasteiger partial charge in [0.15, 0.2) is 5.03 Å². The van der Waals surface area contributed by atoms with E-state index in [4.69, 9.17) is 11.6 Å². The van der Waals surface area contributed by atoms with Gasteiger partial charge in [0, 0.05) is 64.3 Å². The van der Waals surface area contributed by atoms with Gasteiger partial charge in [-0.1, -0.05) is 17.7 Å².